The fourth-order valence-corrected chi connectivity index (χ4v) is 3.78. The third-order valence-electron chi connectivity index (χ3n) is 5.17. The number of hydrogen-bond donors (Lipinski definition) is 0. The average Bonchev–Trinajstić information content (AvgIpc) is 3.39. The molecule has 0 bridgehead atoms. The predicted octanol–water partition coefficient (Wildman–Crippen LogP) is 2.41. The van der Waals surface area contributed by atoms with Gasteiger partial charge in [0.2, 0.25) is 0 Å². The molecule has 1 aromatic carbocycles. The van der Waals surface area contributed by atoms with Crippen molar-refractivity contribution in [3.8, 4) is 11.4 Å². The van der Waals surface area contributed by atoms with E-state index in [9.17, 15) is 4.79 Å². The number of aryl methyl sites for hydroxylation is 1. The van der Waals surface area contributed by atoms with Crippen LogP contribution in [0.5, 0.6) is 5.75 Å². The molecule has 0 radical (unpaired) electrons. The highest BCUT2D eigenvalue weighted by atomic mass is 16.7. The van der Waals surface area contributed by atoms with Crippen LogP contribution in [0.15, 0.2) is 30.5 Å². The minimum absolute atomic E-state index is 0.0527. The van der Waals surface area contributed by atoms with Gasteiger partial charge in [-0.2, -0.15) is 5.10 Å². The normalized spacial score (nSPS) is 20.8. The second-order valence-electron chi connectivity index (χ2n) is 7.08. The molecule has 2 aliphatic rings. The van der Waals surface area contributed by atoms with E-state index < -0.39 is 0 Å². The summed E-state index contributed by atoms with van der Waals surface area (Å²) in [6.45, 7) is 4.67. The zero-order valence-corrected chi connectivity index (χ0v) is 15.8. The van der Waals surface area contributed by atoms with E-state index in [1.165, 1.54) is 0 Å². The number of nitrogens with zero attached hydrogens (tertiary/aromatic N) is 3. The molecular weight excluding hydrogens is 346 g/mol. The number of benzene rings is 1. The van der Waals surface area contributed by atoms with Crippen molar-refractivity contribution in [3.63, 3.8) is 0 Å². The summed E-state index contributed by atoms with van der Waals surface area (Å²) in [6, 6.07) is 7.64. The molecule has 2 saturated heterocycles. The Bertz CT molecular complexity index is 813. The molecule has 2 fully saturated rings. The molecule has 1 atom stereocenters. The first-order valence-corrected chi connectivity index (χ1v) is 9.39. The van der Waals surface area contributed by atoms with Crippen LogP contribution in [-0.4, -0.2) is 60.3 Å². The number of carbonyl (C=O) groups is 1. The number of ether oxygens (including phenoxy) is 3. The molecule has 0 N–H and O–H groups in total. The first-order valence-electron chi connectivity index (χ1n) is 9.39. The van der Waals surface area contributed by atoms with Crippen LogP contribution < -0.4 is 4.74 Å². The Morgan fingerprint density at radius 1 is 1.26 bits per heavy atom. The van der Waals surface area contributed by atoms with Gasteiger partial charge in [0.1, 0.15) is 11.4 Å². The molecule has 7 nitrogen and oxygen atoms in total. The number of hydrogen-bond acceptors (Lipinski definition) is 5. The Morgan fingerprint density at radius 2 is 2.07 bits per heavy atom. The van der Waals surface area contributed by atoms with E-state index in [4.69, 9.17) is 14.2 Å². The first kappa shape index (κ1) is 18.0. The number of likely N-dealkylation sites (tertiary alicyclic amines) is 1. The van der Waals surface area contributed by atoms with Crippen molar-refractivity contribution in [2.45, 2.75) is 26.1 Å². The van der Waals surface area contributed by atoms with Crippen LogP contribution >= 0.6 is 0 Å². The molecule has 2 aromatic rings. The second-order valence-corrected chi connectivity index (χ2v) is 7.08. The predicted molar refractivity (Wildman–Crippen MR) is 99.2 cm³/mol. The van der Waals surface area contributed by atoms with Gasteiger partial charge in [0.05, 0.1) is 20.3 Å². The summed E-state index contributed by atoms with van der Waals surface area (Å²) >= 11 is 0. The maximum Gasteiger partial charge on any atom is 0.274 e. The number of piperidine rings is 1. The lowest BCUT2D eigenvalue weighted by atomic mass is 9.97. The highest BCUT2D eigenvalue weighted by Crippen LogP contribution is 2.27. The molecule has 1 aromatic heterocycles. The third kappa shape index (κ3) is 3.70. The minimum atomic E-state index is -0.185. The molecule has 144 valence electrons. The van der Waals surface area contributed by atoms with Gasteiger partial charge in [-0.1, -0.05) is 6.07 Å². The van der Waals surface area contributed by atoms with Gasteiger partial charge in [-0.05, 0) is 43.5 Å². The topological polar surface area (TPSA) is 65.8 Å². The van der Waals surface area contributed by atoms with E-state index in [1.807, 2.05) is 30.0 Å². The zero-order valence-electron chi connectivity index (χ0n) is 15.8. The molecule has 0 aliphatic carbocycles. The zero-order chi connectivity index (χ0) is 18.8. The number of amides is 1. The Balaban J connectivity index is 1.51. The molecular formula is C20H25N3O4. The van der Waals surface area contributed by atoms with E-state index in [1.54, 1.807) is 24.1 Å². The van der Waals surface area contributed by atoms with Crippen molar-refractivity contribution in [1.29, 1.82) is 0 Å². The van der Waals surface area contributed by atoms with Crippen LogP contribution in [0.4, 0.5) is 0 Å². The summed E-state index contributed by atoms with van der Waals surface area (Å²) < 4.78 is 18.4. The van der Waals surface area contributed by atoms with E-state index in [0.717, 1.165) is 36.4 Å². The third-order valence-corrected chi connectivity index (χ3v) is 5.17. The number of rotatable bonds is 4. The van der Waals surface area contributed by atoms with E-state index >= 15 is 0 Å². The van der Waals surface area contributed by atoms with Gasteiger partial charge in [-0.25, -0.2) is 4.68 Å². The maximum atomic E-state index is 13.0. The summed E-state index contributed by atoms with van der Waals surface area (Å²) in [5.74, 6) is 0.892. The summed E-state index contributed by atoms with van der Waals surface area (Å²) in [7, 11) is 1.63. The van der Waals surface area contributed by atoms with Crippen LogP contribution in [0.2, 0.25) is 0 Å². The van der Waals surface area contributed by atoms with Crippen molar-refractivity contribution in [2.75, 3.05) is 33.4 Å². The lowest BCUT2D eigenvalue weighted by Gasteiger charge is -2.34. The Labute approximate surface area is 158 Å². The van der Waals surface area contributed by atoms with Crippen molar-refractivity contribution in [3.05, 3.63) is 41.7 Å². The summed E-state index contributed by atoms with van der Waals surface area (Å²) in [4.78, 5) is 14.8. The van der Waals surface area contributed by atoms with Crippen LogP contribution in [-0.2, 0) is 9.47 Å². The van der Waals surface area contributed by atoms with Gasteiger partial charge in [0.25, 0.3) is 5.91 Å². The monoisotopic (exact) mass is 371 g/mol. The van der Waals surface area contributed by atoms with Gasteiger partial charge in [0.15, 0.2) is 12.0 Å². The number of methoxy groups -OCH3 is 1. The summed E-state index contributed by atoms with van der Waals surface area (Å²) in [6.07, 6.45) is 3.58. The smallest absolute Gasteiger partial charge is 0.274 e. The standard InChI is InChI=1S/C20H25N3O4/c1-14-5-6-18(25-2)17(12-14)23-9-7-16(21-23)19(24)22-8-3-4-15(13-22)20-26-10-11-27-20/h5-7,9,12,15,20H,3-4,8,10-11,13H2,1-2H3. The van der Waals surface area contributed by atoms with Crippen molar-refractivity contribution in [2.24, 2.45) is 5.92 Å². The largest absolute Gasteiger partial charge is 0.494 e. The highest BCUT2D eigenvalue weighted by molar-refractivity contribution is 5.92. The fourth-order valence-electron chi connectivity index (χ4n) is 3.78. The first-order chi connectivity index (χ1) is 13.2. The highest BCUT2D eigenvalue weighted by Gasteiger charge is 2.33. The Hall–Kier alpha value is -2.38. The summed E-state index contributed by atoms with van der Waals surface area (Å²) in [5, 5.41) is 4.51. The summed E-state index contributed by atoms with van der Waals surface area (Å²) in [5.41, 5.74) is 2.36. The van der Waals surface area contributed by atoms with E-state index in [0.29, 0.717) is 25.5 Å². The van der Waals surface area contributed by atoms with Crippen molar-refractivity contribution < 1.29 is 19.0 Å². The minimum Gasteiger partial charge on any atom is -0.494 e. The molecule has 3 heterocycles. The quantitative estimate of drug-likeness (QED) is 0.826. The molecule has 27 heavy (non-hydrogen) atoms. The van der Waals surface area contributed by atoms with E-state index in [-0.39, 0.29) is 18.1 Å². The molecule has 4 rings (SSSR count). The van der Waals surface area contributed by atoms with Crippen LogP contribution in [0, 0.1) is 12.8 Å². The fraction of sp³-hybridized carbons (Fsp3) is 0.500. The van der Waals surface area contributed by atoms with Gasteiger partial charge in [-0.3, -0.25) is 4.79 Å². The average molecular weight is 371 g/mol. The lowest BCUT2D eigenvalue weighted by Crippen LogP contribution is -2.44. The number of carbonyl (C=O) groups excluding carboxylic acids is 1. The van der Waals surface area contributed by atoms with Gasteiger partial charge < -0.3 is 19.1 Å². The molecule has 2 aliphatic heterocycles. The van der Waals surface area contributed by atoms with Gasteiger partial charge >= 0.3 is 0 Å². The van der Waals surface area contributed by atoms with Crippen LogP contribution in [0.3, 0.4) is 0 Å². The molecule has 0 spiro atoms. The van der Waals surface area contributed by atoms with Gasteiger partial charge in [0, 0.05) is 25.2 Å². The SMILES string of the molecule is COc1ccc(C)cc1-n1ccc(C(=O)N2CCCC(C3OCCO3)C2)n1. The van der Waals surface area contributed by atoms with E-state index in [2.05, 4.69) is 5.10 Å². The van der Waals surface area contributed by atoms with Crippen molar-refractivity contribution >= 4 is 5.91 Å². The second kappa shape index (κ2) is 7.70. The van der Waals surface area contributed by atoms with Crippen LogP contribution in [0.1, 0.15) is 28.9 Å². The Kier molecular flexibility index (Phi) is 5.13. The van der Waals surface area contributed by atoms with Crippen LogP contribution in [0.25, 0.3) is 5.69 Å². The maximum absolute atomic E-state index is 13.0. The molecule has 7 heteroatoms. The van der Waals surface area contributed by atoms with Gasteiger partial charge in [-0.15, -0.1) is 0 Å². The van der Waals surface area contributed by atoms with Crippen molar-refractivity contribution in [1.82, 2.24) is 14.7 Å². The molecule has 1 unspecified atom stereocenters. The molecule has 0 saturated carbocycles. The Morgan fingerprint density at radius 3 is 2.85 bits per heavy atom. The molecule has 1 amide bonds. The number of aromatic nitrogens is 2. The lowest BCUT2D eigenvalue weighted by molar-refractivity contribution is -0.0969.